The van der Waals surface area contributed by atoms with E-state index in [1.807, 2.05) is 0 Å². The second-order valence-corrected chi connectivity index (χ2v) is 4.08. The lowest BCUT2D eigenvalue weighted by Crippen LogP contribution is -2.56. The molecule has 104 valence electrons. The Bertz CT molecular complexity index is 369. The molecule has 2 saturated heterocycles. The Kier molecular flexibility index (Phi) is 3.98. The van der Waals surface area contributed by atoms with Crippen molar-refractivity contribution >= 4 is 11.9 Å². The molecule has 2 heterocycles. The van der Waals surface area contributed by atoms with Gasteiger partial charge in [-0.25, -0.2) is 9.59 Å². The minimum atomic E-state index is -1.24. The van der Waals surface area contributed by atoms with Gasteiger partial charge in [-0.2, -0.15) is 0 Å². The Labute approximate surface area is 109 Å². The number of aliphatic hydroxyl groups is 1. The Morgan fingerprint density at radius 3 is 2.32 bits per heavy atom. The van der Waals surface area contributed by atoms with Gasteiger partial charge in [0.1, 0.15) is 12.2 Å². The highest BCUT2D eigenvalue weighted by molar-refractivity contribution is 5.82. The molecule has 1 N–H and O–H groups in total. The predicted molar refractivity (Wildman–Crippen MR) is 60.8 cm³/mol. The van der Waals surface area contributed by atoms with E-state index in [1.165, 1.54) is 0 Å². The maximum absolute atomic E-state index is 11.2. The molecule has 0 aromatic rings. The maximum atomic E-state index is 11.2. The predicted octanol–water partition coefficient (Wildman–Crippen LogP) is -0.702. The summed E-state index contributed by atoms with van der Waals surface area (Å²) in [4.78, 5) is 22.4. The van der Waals surface area contributed by atoms with Gasteiger partial charge in [-0.05, 0) is 0 Å². The number of carbonyl (C=O) groups excluding carboxylic acids is 2. The average molecular weight is 270 g/mol. The first kappa shape index (κ1) is 13.7. The highest BCUT2D eigenvalue weighted by Crippen LogP contribution is 2.32. The normalized spacial score (nSPS) is 36.4. The quantitative estimate of drug-likeness (QED) is 0.533. The van der Waals surface area contributed by atoms with Gasteiger partial charge in [0.25, 0.3) is 0 Å². The molecule has 0 radical (unpaired) electrons. The van der Waals surface area contributed by atoms with E-state index < -0.39 is 42.6 Å². The van der Waals surface area contributed by atoms with Crippen LogP contribution in [0.5, 0.6) is 0 Å². The first-order valence-electron chi connectivity index (χ1n) is 5.68. The van der Waals surface area contributed by atoms with Crippen LogP contribution in [0.1, 0.15) is 0 Å². The number of carbonyl (C=O) groups is 2. The molecule has 19 heavy (non-hydrogen) atoms. The van der Waals surface area contributed by atoms with Gasteiger partial charge in [0.15, 0.2) is 18.5 Å². The van der Waals surface area contributed by atoms with Crippen LogP contribution in [0.25, 0.3) is 0 Å². The van der Waals surface area contributed by atoms with Gasteiger partial charge < -0.3 is 24.1 Å². The molecule has 2 fully saturated rings. The van der Waals surface area contributed by atoms with Crippen molar-refractivity contribution in [1.29, 1.82) is 0 Å². The van der Waals surface area contributed by atoms with Crippen LogP contribution in [0.2, 0.25) is 0 Å². The summed E-state index contributed by atoms with van der Waals surface area (Å²) in [7, 11) is 0. The van der Waals surface area contributed by atoms with Gasteiger partial charge in [-0.1, -0.05) is 13.2 Å². The van der Waals surface area contributed by atoms with Crippen molar-refractivity contribution in [3.63, 3.8) is 0 Å². The molecule has 7 nitrogen and oxygen atoms in total. The second-order valence-electron chi connectivity index (χ2n) is 4.08. The molecule has 2 aliphatic heterocycles. The summed E-state index contributed by atoms with van der Waals surface area (Å²) in [5.74, 6) is -1.43. The van der Waals surface area contributed by atoms with E-state index in [2.05, 4.69) is 13.2 Å². The topological polar surface area (TPSA) is 91.3 Å². The SMILES string of the molecule is C=CC(=O)OC1C2COC(O2)C(OC(=O)C=C)C1O. The first-order valence-corrected chi connectivity index (χ1v) is 5.68. The van der Waals surface area contributed by atoms with Crippen molar-refractivity contribution < 1.29 is 33.6 Å². The number of hydrogen-bond donors (Lipinski definition) is 1. The van der Waals surface area contributed by atoms with E-state index in [-0.39, 0.29) is 6.61 Å². The molecule has 0 aromatic carbocycles. The Balaban J connectivity index is 2.12. The molecule has 2 rings (SSSR count). The first-order chi connectivity index (χ1) is 9.06. The van der Waals surface area contributed by atoms with Crippen molar-refractivity contribution in [1.82, 2.24) is 0 Å². The highest BCUT2D eigenvalue weighted by atomic mass is 16.8. The molecular weight excluding hydrogens is 256 g/mol. The van der Waals surface area contributed by atoms with E-state index in [1.54, 1.807) is 0 Å². The van der Waals surface area contributed by atoms with E-state index in [4.69, 9.17) is 18.9 Å². The fourth-order valence-electron chi connectivity index (χ4n) is 1.99. The van der Waals surface area contributed by atoms with Gasteiger partial charge in [-0.15, -0.1) is 0 Å². The van der Waals surface area contributed by atoms with Crippen LogP contribution in [0, 0.1) is 0 Å². The molecule has 2 bridgehead atoms. The number of ether oxygens (including phenoxy) is 4. The third kappa shape index (κ3) is 2.67. The second kappa shape index (κ2) is 5.52. The van der Waals surface area contributed by atoms with Gasteiger partial charge in [0.05, 0.1) is 6.61 Å². The fraction of sp³-hybridized carbons (Fsp3) is 0.500. The highest BCUT2D eigenvalue weighted by Gasteiger charge is 2.53. The summed E-state index contributed by atoms with van der Waals surface area (Å²) in [6.07, 6.45) is -2.83. The van der Waals surface area contributed by atoms with Gasteiger partial charge in [0.2, 0.25) is 0 Å². The number of hydrogen-bond acceptors (Lipinski definition) is 7. The minimum Gasteiger partial charge on any atom is -0.453 e. The molecule has 0 aliphatic carbocycles. The van der Waals surface area contributed by atoms with Crippen LogP contribution < -0.4 is 0 Å². The summed E-state index contributed by atoms with van der Waals surface area (Å²) in [6, 6.07) is 0. The van der Waals surface area contributed by atoms with E-state index in [0.717, 1.165) is 12.2 Å². The van der Waals surface area contributed by atoms with Crippen molar-refractivity contribution in [2.75, 3.05) is 6.61 Å². The minimum absolute atomic E-state index is 0.138. The van der Waals surface area contributed by atoms with E-state index in [0.29, 0.717) is 0 Å². The average Bonchev–Trinajstić information content (AvgIpc) is 2.85. The monoisotopic (exact) mass is 270 g/mol. The summed E-state index contributed by atoms with van der Waals surface area (Å²) in [6.45, 7) is 6.66. The number of esters is 2. The van der Waals surface area contributed by atoms with Crippen LogP contribution >= 0.6 is 0 Å². The standard InChI is InChI=1S/C12H14O7/c1-3-7(13)18-10-6-5-16-12(17-6)11(9(10)15)19-8(14)4-2/h3-4,6,9-12,15H,1-2,5H2. The lowest BCUT2D eigenvalue weighted by molar-refractivity contribution is -0.242. The van der Waals surface area contributed by atoms with Crippen LogP contribution in [-0.4, -0.2) is 54.4 Å². The van der Waals surface area contributed by atoms with Crippen LogP contribution in [0.3, 0.4) is 0 Å². The Morgan fingerprint density at radius 1 is 1.16 bits per heavy atom. The maximum Gasteiger partial charge on any atom is 0.330 e. The van der Waals surface area contributed by atoms with Gasteiger partial charge in [0, 0.05) is 12.2 Å². The summed E-state index contributed by atoms with van der Waals surface area (Å²) < 4.78 is 20.6. The van der Waals surface area contributed by atoms with Crippen LogP contribution in [-0.2, 0) is 28.5 Å². The van der Waals surface area contributed by atoms with Crippen molar-refractivity contribution in [2.24, 2.45) is 0 Å². The van der Waals surface area contributed by atoms with E-state index >= 15 is 0 Å². The fourth-order valence-corrected chi connectivity index (χ4v) is 1.99. The summed E-state index contributed by atoms with van der Waals surface area (Å²) in [5, 5.41) is 10.1. The molecule has 7 heteroatoms. The zero-order chi connectivity index (χ0) is 14.0. The summed E-state index contributed by atoms with van der Waals surface area (Å²) in [5.41, 5.74) is 0. The Morgan fingerprint density at radius 2 is 1.74 bits per heavy atom. The molecule has 0 saturated carbocycles. The van der Waals surface area contributed by atoms with Crippen molar-refractivity contribution in [2.45, 2.75) is 30.7 Å². The Hall–Kier alpha value is -1.70. The third-order valence-electron chi connectivity index (χ3n) is 2.88. The van der Waals surface area contributed by atoms with Crippen molar-refractivity contribution in [3.8, 4) is 0 Å². The lowest BCUT2D eigenvalue weighted by Gasteiger charge is -2.36. The molecule has 0 amide bonds. The zero-order valence-electron chi connectivity index (χ0n) is 10.1. The number of rotatable bonds is 4. The molecule has 5 atom stereocenters. The number of aliphatic hydroxyl groups excluding tert-OH is 1. The lowest BCUT2D eigenvalue weighted by atomic mass is 10.0. The number of fused-ring (bicyclic) bond motifs is 2. The molecule has 5 unspecified atom stereocenters. The van der Waals surface area contributed by atoms with Crippen molar-refractivity contribution in [3.05, 3.63) is 25.3 Å². The van der Waals surface area contributed by atoms with Crippen LogP contribution in [0.4, 0.5) is 0 Å². The largest absolute Gasteiger partial charge is 0.453 e. The van der Waals surface area contributed by atoms with Crippen LogP contribution in [0.15, 0.2) is 25.3 Å². The third-order valence-corrected chi connectivity index (χ3v) is 2.88. The molecular formula is C12H14O7. The molecule has 0 aromatic heterocycles. The smallest absolute Gasteiger partial charge is 0.330 e. The van der Waals surface area contributed by atoms with E-state index in [9.17, 15) is 14.7 Å². The molecule has 2 aliphatic rings. The van der Waals surface area contributed by atoms with Gasteiger partial charge in [-0.3, -0.25) is 0 Å². The summed E-state index contributed by atoms with van der Waals surface area (Å²) >= 11 is 0. The van der Waals surface area contributed by atoms with Gasteiger partial charge >= 0.3 is 11.9 Å². The molecule has 0 spiro atoms. The zero-order valence-corrected chi connectivity index (χ0v) is 10.1.